The second kappa shape index (κ2) is 54.3. The topological polar surface area (TPSA) is 652 Å². The molecule has 21 N–H and O–H groups in total. The van der Waals surface area contributed by atoms with Gasteiger partial charge in [0.25, 0.3) is 11.8 Å². The highest BCUT2D eigenvalue weighted by Gasteiger charge is 2.46. The number of nitrogens with zero attached hydrogens (tertiary/aromatic N) is 4. The zero-order chi connectivity index (χ0) is 87.0. The molecule has 0 aliphatic carbocycles. The summed E-state index contributed by atoms with van der Waals surface area (Å²) in [7, 11) is 0. The quantitative estimate of drug-likeness (QED) is 0.0199. The monoisotopic (exact) mass is 1700 g/mol. The van der Waals surface area contributed by atoms with Gasteiger partial charge in [-0.1, -0.05) is 32.1 Å². The Balaban J connectivity index is 1.04. The van der Waals surface area contributed by atoms with Gasteiger partial charge in [0.2, 0.25) is 53.2 Å². The minimum atomic E-state index is -1.58. The molecule has 0 unspecified atom stereocenters. The van der Waals surface area contributed by atoms with Crippen LogP contribution >= 0.6 is 0 Å². The second-order valence-electron chi connectivity index (χ2n) is 29.5. The van der Waals surface area contributed by atoms with E-state index in [1.807, 2.05) is 0 Å². The van der Waals surface area contributed by atoms with E-state index in [2.05, 4.69) is 47.9 Å². The number of ether oxygens (including phenoxy) is 8. The standard InChI is InChI=1S/C72H125N13O33/c1-41-57(98)61(102)65(106)69(114-41)110-28-24-78-50(91)37-83(38-51(92)79-25-29-111-70-66(107)62(103)58(99)42(2)115-70)35-47(88)75-21-13-7-5-11-19-73-45(86)32-82(34-49(90)77-23-15-9-10-16-56(97)118-85-54(95)17-18-55(85)96)33-46(87)74-20-12-6-8-14-22-76-48(89)36-84(39-52(93)80-26-30-112-71-67(108)63(104)59(100)43(3)116-71)40-53(94)81-27-31-113-72-68(109)64(105)60(101)44(4)117-72/h41-44,57-72,98-109H,5-40H2,1-4H3,(H,73,86)(H,74,87)(H,75,88)(H,76,89)(H,77,90)(H,78,91)(H,79,92)(H,80,93)(H,81,94)/t41-,42-,43-,44-,57+,58+,59+,60+,61+,62+,63+,64+,65-,66-,67-,68-,69+,70+,71+,72+/m0/s1. The Kier molecular flexibility index (Phi) is 46.7. The highest BCUT2D eigenvalue weighted by molar-refractivity contribution is 6.01. The number of nitrogens with one attached hydrogen (secondary N) is 9. The largest absolute Gasteiger partial charge is 0.388 e. The highest BCUT2D eigenvalue weighted by atomic mass is 16.7. The average Bonchev–Trinajstić information content (AvgIpc) is 1.17. The molecule has 5 rings (SSSR count). The predicted octanol–water partition coefficient (Wildman–Crippen LogP) is -11.4. The van der Waals surface area contributed by atoms with Crippen molar-refractivity contribution in [2.45, 2.75) is 240 Å². The molecule has 0 aromatic heterocycles. The highest BCUT2D eigenvalue weighted by Crippen LogP contribution is 2.26. The number of carbonyl (C=O) groups is 12. The summed E-state index contributed by atoms with van der Waals surface area (Å²) in [5.74, 6) is -6.99. The number of hydrogen-bond acceptors (Lipinski definition) is 36. The molecule has 5 fully saturated rings. The summed E-state index contributed by atoms with van der Waals surface area (Å²) in [6.07, 6.45) is -21.2. The summed E-state index contributed by atoms with van der Waals surface area (Å²) < 4.78 is 43.5. The first-order valence-corrected chi connectivity index (χ1v) is 40.0. The Morgan fingerprint density at radius 1 is 0.297 bits per heavy atom. The van der Waals surface area contributed by atoms with Crippen molar-refractivity contribution in [2.75, 3.05) is 144 Å². The van der Waals surface area contributed by atoms with Crippen LogP contribution in [0.5, 0.6) is 0 Å². The first-order valence-electron chi connectivity index (χ1n) is 40.0. The summed E-state index contributed by atoms with van der Waals surface area (Å²) in [6.45, 7) is 2.00. The van der Waals surface area contributed by atoms with Crippen LogP contribution in [-0.2, 0) is 100 Å². The molecule has 5 heterocycles. The number of rotatable bonds is 55. The third kappa shape index (κ3) is 37.1. The molecule has 0 aromatic rings. The Bertz CT molecular complexity index is 2840. The number of unbranched alkanes of at least 4 members (excludes halogenated alkanes) is 8. The van der Waals surface area contributed by atoms with E-state index in [-0.39, 0.29) is 124 Å². The minimum Gasteiger partial charge on any atom is -0.388 e. The van der Waals surface area contributed by atoms with E-state index in [1.165, 1.54) is 42.4 Å². The summed E-state index contributed by atoms with van der Waals surface area (Å²) in [5.41, 5.74) is 0. The molecule has 5 aliphatic heterocycles. The normalized spacial score (nSPS) is 27.8. The molecule has 0 bridgehead atoms. The lowest BCUT2D eigenvalue weighted by Crippen LogP contribution is -2.57. The van der Waals surface area contributed by atoms with E-state index in [0.29, 0.717) is 75.7 Å². The van der Waals surface area contributed by atoms with Gasteiger partial charge in [-0.15, -0.1) is 5.06 Å². The van der Waals surface area contributed by atoms with Crippen LogP contribution in [0.2, 0.25) is 0 Å². The lowest BCUT2D eigenvalue weighted by Gasteiger charge is -2.38. The maximum Gasteiger partial charge on any atom is 0.333 e. The van der Waals surface area contributed by atoms with E-state index in [1.54, 1.807) is 0 Å². The molecule has 0 aromatic carbocycles. The fourth-order valence-electron chi connectivity index (χ4n) is 12.6. The van der Waals surface area contributed by atoms with Gasteiger partial charge < -0.3 is 152 Å². The molecule has 5 saturated heterocycles. The number of aliphatic hydroxyl groups excluding tert-OH is 12. The van der Waals surface area contributed by atoms with Crippen LogP contribution in [0.4, 0.5) is 0 Å². The van der Waals surface area contributed by atoms with Crippen molar-refractivity contribution < 1.29 is 162 Å². The second-order valence-corrected chi connectivity index (χ2v) is 29.5. The van der Waals surface area contributed by atoms with E-state index in [9.17, 15) is 119 Å². The maximum absolute atomic E-state index is 13.3. The average molecular weight is 1700 g/mol. The Morgan fingerprint density at radius 3 is 0.703 bits per heavy atom. The van der Waals surface area contributed by atoms with Crippen molar-refractivity contribution in [2.24, 2.45) is 0 Å². The molecule has 11 amide bonds. The third-order valence-electron chi connectivity index (χ3n) is 19.4. The van der Waals surface area contributed by atoms with Crippen LogP contribution in [-0.4, -0.2) is 419 Å². The van der Waals surface area contributed by atoms with Crippen LogP contribution in [0.25, 0.3) is 0 Å². The third-order valence-corrected chi connectivity index (χ3v) is 19.4. The zero-order valence-electron chi connectivity index (χ0n) is 67.2. The predicted molar refractivity (Wildman–Crippen MR) is 402 cm³/mol. The van der Waals surface area contributed by atoms with Crippen molar-refractivity contribution >= 4 is 70.9 Å². The molecular formula is C72H125N13O33. The Labute approximate surface area is 682 Å². The lowest BCUT2D eigenvalue weighted by atomic mass is 10.0. The molecule has 46 nitrogen and oxygen atoms in total. The number of imide groups is 1. The number of hydroxylamine groups is 2. The molecule has 118 heavy (non-hydrogen) atoms. The van der Waals surface area contributed by atoms with Crippen molar-refractivity contribution in [3.8, 4) is 0 Å². The summed E-state index contributed by atoms with van der Waals surface area (Å²) >= 11 is 0. The van der Waals surface area contributed by atoms with E-state index in [4.69, 9.17) is 42.7 Å². The maximum atomic E-state index is 13.3. The Hall–Kier alpha value is -7.08. The first kappa shape index (κ1) is 101. The fraction of sp³-hybridized carbons (Fsp3) is 0.833. The zero-order valence-corrected chi connectivity index (χ0v) is 67.2. The van der Waals surface area contributed by atoms with Gasteiger partial charge in [0, 0.05) is 78.2 Å². The summed E-state index contributed by atoms with van der Waals surface area (Å²) in [5, 5.41) is 146. The molecule has 0 saturated carbocycles. The van der Waals surface area contributed by atoms with Gasteiger partial charge in [-0.3, -0.25) is 67.4 Å². The molecule has 0 spiro atoms. The van der Waals surface area contributed by atoms with Crippen LogP contribution < -0.4 is 47.9 Å². The van der Waals surface area contributed by atoms with Gasteiger partial charge in [0.1, 0.15) is 73.2 Å². The number of hydrogen-bond donors (Lipinski definition) is 21. The molecular weight excluding hydrogens is 1570 g/mol. The van der Waals surface area contributed by atoms with Gasteiger partial charge in [-0.05, 0) is 66.2 Å². The van der Waals surface area contributed by atoms with Crippen LogP contribution in [0.3, 0.4) is 0 Å². The fourth-order valence-corrected chi connectivity index (χ4v) is 12.6. The van der Waals surface area contributed by atoms with Crippen molar-refractivity contribution in [3.05, 3.63) is 0 Å². The molecule has 5 aliphatic rings. The van der Waals surface area contributed by atoms with Crippen molar-refractivity contribution in [3.63, 3.8) is 0 Å². The van der Waals surface area contributed by atoms with E-state index in [0.717, 1.165) is 0 Å². The van der Waals surface area contributed by atoms with E-state index >= 15 is 0 Å². The lowest BCUT2D eigenvalue weighted by molar-refractivity contribution is -0.292. The summed E-state index contributed by atoms with van der Waals surface area (Å²) in [6, 6.07) is 0. The van der Waals surface area contributed by atoms with Crippen molar-refractivity contribution in [1.29, 1.82) is 0 Å². The Morgan fingerprint density at radius 2 is 0.492 bits per heavy atom. The van der Waals surface area contributed by atoms with Crippen LogP contribution in [0.15, 0.2) is 0 Å². The molecule has 20 atom stereocenters. The van der Waals surface area contributed by atoms with Gasteiger partial charge >= 0.3 is 5.97 Å². The minimum absolute atomic E-state index is 0.0494. The van der Waals surface area contributed by atoms with Gasteiger partial charge in [-0.25, -0.2) is 4.79 Å². The number of carbonyl (C=O) groups excluding carboxylic acids is 12. The SMILES string of the molecule is C[C@@H]1O[C@@H](OCCNC(=O)CN(CC(=O)NCCCCCCNC(=O)CN(CC(=O)NCCCCCCNC(=O)CN(CC(=O)NCCO[C@@H]2O[C@@H](C)[C@@H](O)[C@@H](O)[C@@H]2O)CC(=O)NCCO[C@@H]2O[C@@H](C)[C@@H](O)[C@@H](O)[C@@H]2O)CC(=O)NCCCCCC(=O)ON2C(=O)CCC2=O)CC(=O)NCCO[C@@H]2O[C@@H](C)[C@@H](O)[C@@H](O)[C@@H]2O)[C@@H](O)[C@H](O)[C@@H]1O. The van der Waals surface area contributed by atoms with Gasteiger partial charge in [0.05, 0.1) is 110 Å². The first-order chi connectivity index (χ1) is 56.1. The number of aliphatic hydroxyl groups is 12. The number of amides is 11. The van der Waals surface area contributed by atoms with E-state index < -0.39 is 233 Å². The molecule has 46 heteroatoms. The van der Waals surface area contributed by atoms with Crippen LogP contribution in [0.1, 0.15) is 118 Å². The van der Waals surface area contributed by atoms with Gasteiger partial charge in [-0.2, -0.15) is 0 Å². The van der Waals surface area contributed by atoms with Gasteiger partial charge in [0.15, 0.2) is 25.2 Å². The van der Waals surface area contributed by atoms with Crippen molar-refractivity contribution in [1.82, 2.24) is 67.6 Å². The molecule has 0 radical (unpaired) electrons. The smallest absolute Gasteiger partial charge is 0.333 e. The molecule has 676 valence electrons. The van der Waals surface area contributed by atoms with Crippen LogP contribution in [0, 0.1) is 0 Å². The summed E-state index contributed by atoms with van der Waals surface area (Å²) in [4.78, 5) is 163.